The van der Waals surface area contributed by atoms with Crippen LogP contribution in [0.4, 0.5) is 4.79 Å². The lowest BCUT2D eigenvalue weighted by atomic mass is 10.0. The molecule has 3 amide bonds. The zero-order valence-corrected chi connectivity index (χ0v) is 21.6. The van der Waals surface area contributed by atoms with Crippen LogP contribution >= 0.6 is 11.3 Å². The van der Waals surface area contributed by atoms with Gasteiger partial charge in [-0.1, -0.05) is 17.7 Å². The van der Waals surface area contributed by atoms with Crippen molar-refractivity contribution in [3.05, 3.63) is 75.9 Å². The molecule has 0 bridgehead atoms. The number of carbonyl (C=O) groups is 2. The molecule has 1 N–H and O–H groups in total. The first kappa shape index (κ1) is 24.9. The minimum atomic E-state index is -0.428. The third-order valence-electron chi connectivity index (χ3n) is 5.87. The van der Waals surface area contributed by atoms with E-state index >= 15 is 0 Å². The van der Waals surface area contributed by atoms with Crippen molar-refractivity contribution >= 4 is 23.3 Å². The summed E-state index contributed by atoms with van der Waals surface area (Å²) in [5, 5.41) is 5.03. The number of carbonyl (C=O) groups excluding carboxylic acids is 2. The summed E-state index contributed by atoms with van der Waals surface area (Å²) < 4.78 is 11.6. The standard InChI is InChI=1S/C27H33N3O4S/c1-19-7-9-20(10-8-19)34-18-23-22-12-15-35-24(22)11-13-30(23)25(31)17-29(16-21-6-5-14-33-21)26(32)28-27(2,3)4/h5-10,12,14-15,23H,11,13,16-18H2,1-4H3,(H,28,32). The third-order valence-corrected chi connectivity index (χ3v) is 6.86. The topological polar surface area (TPSA) is 75.0 Å². The maximum Gasteiger partial charge on any atom is 0.318 e. The van der Waals surface area contributed by atoms with Crippen molar-refractivity contribution in [2.45, 2.75) is 52.2 Å². The smallest absolute Gasteiger partial charge is 0.318 e. The SMILES string of the molecule is Cc1ccc(OCC2c3ccsc3CCN2C(=O)CN(Cc2ccco2)C(=O)NC(C)(C)C)cc1. The van der Waals surface area contributed by atoms with Gasteiger partial charge in [-0.25, -0.2) is 4.79 Å². The van der Waals surface area contributed by atoms with Gasteiger partial charge in [0, 0.05) is 17.0 Å². The highest BCUT2D eigenvalue weighted by Crippen LogP contribution is 2.34. The summed E-state index contributed by atoms with van der Waals surface area (Å²) in [6.45, 7) is 8.88. The van der Waals surface area contributed by atoms with Crippen LogP contribution in [0.25, 0.3) is 0 Å². The molecule has 3 aromatic rings. The molecule has 0 saturated heterocycles. The highest BCUT2D eigenvalue weighted by Gasteiger charge is 2.34. The van der Waals surface area contributed by atoms with Gasteiger partial charge in [0.2, 0.25) is 5.91 Å². The minimum Gasteiger partial charge on any atom is -0.491 e. The van der Waals surface area contributed by atoms with Crippen LogP contribution in [0, 0.1) is 6.92 Å². The van der Waals surface area contributed by atoms with Crippen molar-refractivity contribution in [2.75, 3.05) is 19.7 Å². The summed E-state index contributed by atoms with van der Waals surface area (Å²) in [5.74, 6) is 1.28. The predicted octanol–water partition coefficient (Wildman–Crippen LogP) is 5.16. The predicted molar refractivity (Wildman–Crippen MR) is 137 cm³/mol. The Balaban J connectivity index is 1.52. The van der Waals surface area contributed by atoms with Crippen molar-refractivity contribution in [3.63, 3.8) is 0 Å². The van der Waals surface area contributed by atoms with Crippen LogP contribution in [-0.2, 0) is 17.8 Å². The fraction of sp³-hybridized carbons (Fsp3) is 0.407. The Morgan fingerprint density at radius 1 is 1.20 bits per heavy atom. The van der Waals surface area contributed by atoms with Crippen molar-refractivity contribution in [2.24, 2.45) is 0 Å². The van der Waals surface area contributed by atoms with Gasteiger partial charge in [-0.05, 0) is 75.4 Å². The lowest BCUT2D eigenvalue weighted by Gasteiger charge is -2.37. The van der Waals surface area contributed by atoms with Gasteiger partial charge in [-0.3, -0.25) is 4.79 Å². The summed E-state index contributed by atoms with van der Waals surface area (Å²) in [6, 6.07) is 13.1. The number of ether oxygens (including phenoxy) is 1. The van der Waals surface area contributed by atoms with E-state index in [-0.39, 0.29) is 31.1 Å². The third kappa shape index (κ3) is 6.45. The zero-order valence-electron chi connectivity index (χ0n) is 20.7. The fourth-order valence-electron chi connectivity index (χ4n) is 4.13. The molecule has 0 radical (unpaired) electrons. The van der Waals surface area contributed by atoms with Crippen LogP contribution in [0.5, 0.6) is 5.75 Å². The number of urea groups is 1. The molecule has 1 atom stereocenters. The highest BCUT2D eigenvalue weighted by molar-refractivity contribution is 7.10. The molecular formula is C27H33N3O4S. The molecule has 35 heavy (non-hydrogen) atoms. The molecule has 2 aromatic heterocycles. The highest BCUT2D eigenvalue weighted by atomic mass is 32.1. The van der Waals surface area contributed by atoms with Crippen LogP contribution in [0.2, 0.25) is 0 Å². The Morgan fingerprint density at radius 3 is 2.66 bits per heavy atom. The van der Waals surface area contributed by atoms with E-state index in [0.29, 0.717) is 18.9 Å². The first-order chi connectivity index (χ1) is 16.7. The second-order valence-electron chi connectivity index (χ2n) is 9.89. The number of rotatable bonds is 7. The van der Waals surface area contributed by atoms with E-state index in [4.69, 9.17) is 9.15 Å². The first-order valence-corrected chi connectivity index (χ1v) is 12.7. The van der Waals surface area contributed by atoms with Crippen molar-refractivity contribution < 1.29 is 18.7 Å². The van der Waals surface area contributed by atoms with Crippen molar-refractivity contribution in [1.82, 2.24) is 15.1 Å². The average Bonchev–Trinajstić information content (AvgIpc) is 3.48. The van der Waals surface area contributed by atoms with Gasteiger partial charge in [0.05, 0.1) is 18.8 Å². The van der Waals surface area contributed by atoms with Gasteiger partial charge in [-0.2, -0.15) is 0 Å². The largest absolute Gasteiger partial charge is 0.491 e. The Kier molecular flexibility index (Phi) is 7.50. The van der Waals surface area contributed by atoms with Crippen LogP contribution in [0.15, 0.2) is 58.5 Å². The van der Waals surface area contributed by atoms with E-state index in [1.165, 1.54) is 9.78 Å². The van der Waals surface area contributed by atoms with Gasteiger partial charge in [0.25, 0.3) is 0 Å². The number of benzene rings is 1. The molecule has 1 aliphatic rings. The molecule has 8 heteroatoms. The van der Waals surface area contributed by atoms with E-state index in [0.717, 1.165) is 23.3 Å². The molecule has 0 fully saturated rings. The maximum absolute atomic E-state index is 13.6. The van der Waals surface area contributed by atoms with E-state index in [9.17, 15) is 9.59 Å². The van der Waals surface area contributed by atoms with Gasteiger partial charge in [0.1, 0.15) is 24.7 Å². The second kappa shape index (κ2) is 10.6. The summed E-state index contributed by atoms with van der Waals surface area (Å²) in [7, 11) is 0. The van der Waals surface area contributed by atoms with Crippen molar-refractivity contribution in [3.8, 4) is 5.75 Å². The number of hydrogen-bond acceptors (Lipinski definition) is 5. The Morgan fingerprint density at radius 2 is 1.97 bits per heavy atom. The molecule has 0 aliphatic carbocycles. The lowest BCUT2D eigenvalue weighted by Crippen LogP contribution is -2.52. The maximum atomic E-state index is 13.6. The molecule has 3 heterocycles. The van der Waals surface area contributed by atoms with Gasteiger partial charge in [0.15, 0.2) is 0 Å². The Bertz CT molecular complexity index is 1130. The molecule has 186 valence electrons. The number of thiophene rings is 1. The number of hydrogen-bond donors (Lipinski definition) is 1. The minimum absolute atomic E-state index is 0.0525. The van der Waals surface area contributed by atoms with E-state index in [1.807, 2.05) is 56.9 Å². The lowest BCUT2D eigenvalue weighted by molar-refractivity contribution is -0.135. The van der Waals surface area contributed by atoms with E-state index in [1.54, 1.807) is 29.7 Å². The number of furan rings is 1. The summed E-state index contributed by atoms with van der Waals surface area (Å²) in [5.41, 5.74) is 1.86. The van der Waals surface area contributed by atoms with Crippen LogP contribution in [0.3, 0.4) is 0 Å². The number of fused-ring (bicyclic) bond motifs is 1. The summed E-state index contributed by atoms with van der Waals surface area (Å²) in [4.78, 5) is 31.3. The average molecular weight is 496 g/mol. The molecular weight excluding hydrogens is 462 g/mol. The quantitative estimate of drug-likeness (QED) is 0.491. The molecule has 1 aromatic carbocycles. The summed E-state index contributed by atoms with van der Waals surface area (Å²) in [6.07, 6.45) is 2.37. The molecule has 1 aliphatic heterocycles. The first-order valence-electron chi connectivity index (χ1n) is 11.8. The van der Waals surface area contributed by atoms with Crippen molar-refractivity contribution in [1.29, 1.82) is 0 Å². The molecule has 1 unspecified atom stereocenters. The molecule has 0 spiro atoms. The number of aryl methyl sites for hydroxylation is 1. The second-order valence-corrected chi connectivity index (χ2v) is 10.9. The Hall–Kier alpha value is -3.26. The van der Waals surface area contributed by atoms with Crippen LogP contribution < -0.4 is 10.1 Å². The molecule has 0 saturated carbocycles. The molecule has 7 nitrogen and oxygen atoms in total. The summed E-state index contributed by atoms with van der Waals surface area (Å²) >= 11 is 1.71. The van der Waals surface area contributed by atoms with Gasteiger partial charge >= 0.3 is 6.03 Å². The fourth-order valence-corrected chi connectivity index (χ4v) is 5.06. The Labute approximate surface area is 210 Å². The van der Waals surface area contributed by atoms with E-state index in [2.05, 4.69) is 16.8 Å². The monoisotopic (exact) mass is 495 g/mol. The zero-order chi connectivity index (χ0) is 25.0. The molecule has 4 rings (SSSR count). The van der Waals surface area contributed by atoms with Crippen LogP contribution in [-0.4, -0.2) is 47.0 Å². The van der Waals surface area contributed by atoms with Gasteiger partial charge in [-0.15, -0.1) is 11.3 Å². The van der Waals surface area contributed by atoms with E-state index < -0.39 is 5.54 Å². The number of amides is 3. The number of nitrogens with zero attached hydrogens (tertiary/aromatic N) is 2. The number of nitrogens with one attached hydrogen (secondary N) is 1. The van der Waals surface area contributed by atoms with Crippen LogP contribution in [0.1, 0.15) is 48.6 Å². The van der Waals surface area contributed by atoms with Gasteiger partial charge < -0.3 is 24.3 Å². The normalized spacial score (nSPS) is 15.4.